The highest BCUT2D eigenvalue weighted by molar-refractivity contribution is 5.65. The van der Waals surface area contributed by atoms with Gasteiger partial charge < -0.3 is 10.2 Å². The first-order chi connectivity index (χ1) is 10.2. The monoisotopic (exact) mass is 286 g/mol. The summed E-state index contributed by atoms with van der Waals surface area (Å²) in [6.45, 7) is 7.91. The fraction of sp³-hybridized carbons (Fsp3) is 0.579. The molecule has 0 aromatic heterocycles. The molecule has 2 rings (SSSR count). The molecule has 2 heteroatoms. The number of benzene rings is 1. The van der Waals surface area contributed by atoms with Crippen molar-refractivity contribution in [1.82, 2.24) is 10.2 Å². The van der Waals surface area contributed by atoms with Crippen molar-refractivity contribution >= 4 is 5.57 Å². The zero-order valence-corrected chi connectivity index (χ0v) is 13.9. The summed E-state index contributed by atoms with van der Waals surface area (Å²) in [6, 6.07) is 9.31. The Morgan fingerprint density at radius 2 is 1.86 bits per heavy atom. The molecule has 2 nitrogen and oxygen atoms in total. The van der Waals surface area contributed by atoms with Gasteiger partial charge in [0.05, 0.1) is 0 Å². The molecule has 21 heavy (non-hydrogen) atoms. The molecule has 0 bridgehead atoms. The van der Waals surface area contributed by atoms with E-state index < -0.39 is 0 Å². The SMILES string of the molecule is CCCN(C)/C=C(\CC)c1ccc(C2CCNCC2)cc1. The number of hydrogen-bond donors (Lipinski definition) is 1. The van der Waals surface area contributed by atoms with Crippen LogP contribution in [0.5, 0.6) is 0 Å². The second-order valence-corrected chi connectivity index (χ2v) is 6.13. The first-order valence-electron chi connectivity index (χ1n) is 8.46. The van der Waals surface area contributed by atoms with Gasteiger partial charge in [0.25, 0.3) is 0 Å². The van der Waals surface area contributed by atoms with Crippen molar-refractivity contribution in [1.29, 1.82) is 0 Å². The van der Waals surface area contributed by atoms with E-state index in [0.29, 0.717) is 0 Å². The van der Waals surface area contributed by atoms with Crippen molar-refractivity contribution in [2.24, 2.45) is 0 Å². The lowest BCUT2D eigenvalue weighted by Gasteiger charge is -2.23. The number of piperidine rings is 1. The van der Waals surface area contributed by atoms with Crippen LogP contribution in [0.1, 0.15) is 56.6 Å². The van der Waals surface area contributed by atoms with Crippen LogP contribution in [0.15, 0.2) is 30.5 Å². The Labute approximate surface area is 130 Å². The fourth-order valence-electron chi connectivity index (χ4n) is 3.18. The van der Waals surface area contributed by atoms with Crippen LogP contribution in [0.3, 0.4) is 0 Å². The van der Waals surface area contributed by atoms with Gasteiger partial charge in [0, 0.05) is 19.8 Å². The minimum absolute atomic E-state index is 0.747. The maximum absolute atomic E-state index is 3.44. The number of nitrogens with zero attached hydrogens (tertiary/aromatic N) is 1. The molecule has 0 aliphatic carbocycles. The molecule has 1 aromatic rings. The summed E-state index contributed by atoms with van der Waals surface area (Å²) in [6.07, 6.45) is 7.13. The zero-order chi connectivity index (χ0) is 15.1. The molecule has 0 atom stereocenters. The Morgan fingerprint density at radius 1 is 1.19 bits per heavy atom. The lowest BCUT2D eigenvalue weighted by molar-refractivity contribution is 0.455. The summed E-state index contributed by atoms with van der Waals surface area (Å²) in [5.74, 6) is 0.747. The maximum Gasteiger partial charge on any atom is 0.0166 e. The summed E-state index contributed by atoms with van der Waals surface area (Å²) in [5, 5.41) is 3.44. The molecule has 0 radical (unpaired) electrons. The lowest BCUT2D eigenvalue weighted by atomic mass is 9.89. The molecule has 1 saturated heterocycles. The molecule has 0 spiro atoms. The molecule has 0 amide bonds. The van der Waals surface area contributed by atoms with Crippen LogP contribution in [0.4, 0.5) is 0 Å². The second-order valence-electron chi connectivity index (χ2n) is 6.13. The van der Waals surface area contributed by atoms with Crippen molar-refractivity contribution in [2.45, 2.75) is 45.4 Å². The normalized spacial score (nSPS) is 17.0. The molecule has 0 unspecified atom stereocenters. The van der Waals surface area contributed by atoms with Crippen molar-refractivity contribution in [3.05, 3.63) is 41.6 Å². The summed E-state index contributed by atoms with van der Waals surface area (Å²) in [7, 11) is 2.17. The van der Waals surface area contributed by atoms with Crippen molar-refractivity contribution < 1.29 is 0 Å². The zero-order valence-electron chi connectivity index (χ0n) is 13.9. The number of allylic oxidation sites excluding steroid dienone is 1. The van der Waals surface area contributed by atoms with Gasteiger partial charge >= 0.3 is 0 Å². The van der Waals surface area contributed by atoms with E-state index >= 15 is 0 Å². The summed E-state index contributed by atoms with van der Waals surface area (Å²) in [4.78, 5) is 2.31. The highest BCUT2D eigenvalue weighted by Crippen LogP contribution is 2.27. The second kappa shape index (κ2) is 8.23. The number of hydrogen-bond acceptors (Lipinski definition) is 2. The predicted molar refractivity (Wildman–Crippen MR) is 92.5 cm³/mol. The van der Waals surface area contributed by atoms with Gasteiger partial charge in [-0.1, -0.05) is 38.1 Å². The van der Waals surface area contributed by atoms with Gasteiger partial charge in [-0.3, -0.25) is 0 Å². The molecule has 1 fully saturated rings. The van der Waals surface area contributed by atoms with Gasteiger partial charge in [-0.2, -0.15) is 0 Å². The van der Waals surface area contributed by atoms with Gasteiger partial charge in [0.15, 0.2) is 0 Å². The van der Waals surface area contributed by atoms with E-state index in [4.69, 9.17) is 0 Å². The van der Waals surface area contributed by atoms with E-state index in [9.17, 15) is 0 Å². The Bertz CT molecular complexity index is 441. The third-order valence-electron chi connectivity index (χ3n) is 4.43. The maximum atomic E-state index is 3.44. The van der Waals surface area contributed by atoms with E-state index in [-0.39, 0.29) is 0 Å². The van der Waals surface area contributed by atoms with Gasteiger partial charge in [-0.25, -0.2) is 0 Å². The average Bonchev–Trinajstić information content (AvgIpc) is 2.54. The molecule has 1 aromatic carbocycles. The smallest absolute Gasteiger partial charge is 0.0166 e. The van der Waals surface area contributed by atoms with Gasteiger partial charge in [0.2, 0.25) is 0 Å². The van der Waals surface area contributed by atoms with Crippen molar-refractivity contribution in [3.8, 4) is 0 Å². The van der Waals surface area contributed by atoms with Crippen LogP contribution < -0.4 is 5.32 Å². The summed E-state index contributed by atoms with van der Waals surface area (Å²) < 4.78 is 0. The molecular weight excluding hydrogens is 256 g/mol. The standard InChI is InChI=1S/C19H30N2/c1-4-14-21(3)15-16(5-2)17-6-8-18(9-7-17)19-10-12-20-13-11-19/h6-9,15,19-20H,4-5,10-14H2,1-3H3/b16-15+. The predicted octanol–water partition coefficient (Wildman–Crippen LogP) is 4.25. The van der Waals surface area contributed by atoms with Crippen LogP contribution in [-0.4, -0.2) is 31.6 Å². The van der Waals surface area contributed by atoms with E-state index in [1.807, 2.05) is 0 Å². The van der Waals surface area contributed by atoms with Crippen molar-refractivity contribution in [2.75, 3.05) is 26.7 Å². The van der Waals surface area contributed by atoms with Gasteiger partial charge in [-0.15, -0.1) is 0 Å². The van der Waals surface area contributed by atoms with E-state index in [1.165, 1.54) is 36.0 Å². The van der Waals surface area contributed by atoms with Crippen LogP contribution in [0.2, 0.25) is 0 Å². The summed E-state index contributed by atoms with van der Waals surface area (Å²) >= 11 is 0. The Balaban J connectivity index is 2.08. The molecule has 1 aliphatic heterocycles. The fourth-order valence-corrected chi connectivity index (χ4v) is 3.18. The first kappa shape index (κ1) is 16.1. The molecular formula is C19H30N2. The summed E-state index contributed by atoms with van der Waals surface area (Å²) in [5.41, 5.74) is 4.32. The Morgan fingerprint density at radius 3 is 2.43 bits per heavy atom. The lowest BCUT2D eigenvalue weighted by Crippen LogP contribution is -2.26. The number of nitrogens with one attached hydrogen (secondary N) is 1. The van der Waals surface area contributed by atoms with Gasteiger partial charge in [0.1, 0.15) is 0 Å². The minimum Gasteiger partial charge on any atom is -0.380 e. The van der Waals surface area contributed by atoms with Crippen LogP contribution >= 0.6 is 0 Å². The topological polar surface area (TPSA) is 15.3 Å². The average molecular weight is 286 g/mol. The molecule has 1 aliphatic rings. The highest BCUT2D eigenvalue weighted by atomic mass is 15.1. The van der Waals surface area contributed by atoms with Crippen LogP contribution in [0, 0.1) is 0 Å². The van der Waals surface area contributed by atoms with E-state index in [1.54, 1.807) is 0 Å². The molecule has 1 heterocycles. The van der Waals surface area contributed by atoms with Gasteiger partial charge in [-0.05, 0) is 61.4 Å². The van der Waals surface area contributed by atoms with E-state index in [2.05, 4.69) is 61.6 Å². The van der Waals surface area contributed by atoms with Crippen LogP contribution in [-0.2, 0) is 0 Å². The third kappa shape index (κ3) is 4.60. The largest absolute Gasteiger partial charge is 0.380 e. The minimum atomic E-state index is 0.747. The molecule has 116 valence electrons. The Hall–Kier alpha value is -1.28. The van der Waals surface area contributed by atoms with E-state index in [0.717, 1.165) is 32.0 Å². The number of rotatable bonds is 6. The quantitative estimate of drug-likeness (QED) is 0.841. The first-order valence-corrected chi connectivity index (χ1v) is 8.46. The highest BCUT2D eigenvalue weighted by Gasteiger charge is 2.14. The van der Waals surface area contributed by atoms with Crippen LogP contribution in [0.25, 0.3) is 5.57 Å². The molecule has 0 saturated carbocycles. The molecule has 1 N–H and O–H groups in total. The van der Waals surface area contributed by atoms with Crippen molar-refractivity contribution in [3.63, 3.8) is 0 Å². The third-order valence-corrected chi connectivity index (χ3v) is 4.43. The Kier molecular flexibility index (Phi) is 6.31.